The van der Waals surface area contributed by atoms with E-state index in [0.29, 0.717) is 17.1 Å². The van der Waals surface area contributed by atoms with Crippen LogP contribution >= 0.6 is 11.3 Å². The second kappa shape index (κ2) is 10.5. The number of rotatable bonds is 7. The average molecular weight is 504 g/mol. The largest absolute Gasteiger partial charge is 0.469 e. The predicted molar refractivity (Wildman–Crippen MR) is 144 cm³/mol. The molecule has 0 aliphatic heterocycles. The lowest BCUT2D eigenvalue weighted by molar-refractivity contribution is -0.139. The highest BCUT2D eigenvalue weighted by Gasteiger charge is 2.22. The minimum Gasteiger partial charge on any atom is -0.469 e. The number of esters is 1. The Labute approximate surface area is 213 Å². The number of nitrogens with zero attached hydrogens (tertiary/aromatic N) is 3. The summed E-state index contributed by atoms with van der Waals surface area (Å²) in [6.45, 7) is 0. The van der Waals surface area contributed by atoms with Crippen molar-refractivity contribution in [3.05, 3.63) is 63.9 Å². The van der Waals surface area contributed by atoms with Crippen LogP contribution in [0.2, 0.25) is 0 Å². The highest BCUT2D eigenvalue weighted by molar-refractivity contribution is 7.14. The fraction of sp³-hybridized carbons (Fsp3) is 0.333. The van der Waals surface area contributed by atoms with Gasteiger partial charge >= 0.3 is 5.97 Å². The van der Waals surface area contributed by atoms with Crippen LogP contribution in [-0.4, -0.2) is 41.1 Å². The number of carbonyl (C=O) groups excluding carboxylic acids is 1. The number of methoxy groups -OCH3 is 1. The van der Waals surface area contributed by atoms with E-state index in [9.17, 15) is 9.59 Å². The Morgan fingerprint density at radius 1 is 1.17 bits per heavy atom. The van der Waals surface area contributed by atoms with Gasteiger partial charge in [-0.2, -0.15) is 0 Å². The van der Waals surface area contributed by atoms with E-state index in [2.05, 4.69) is 27.2 Å². The van der Waals surface area contributed by atoms with E-state index in [1.54, 1.807) is 0 Å². The summed E-state index contributed by atoms with van der Waals surface area (Å²) in [5, 5.41) is 6.29. The zero-order chi connectivity index (χ0) is 25.1. The molecular weight excluding hydrogens is 474 g/mol. The number of ether oxygens (including phenoxy) is 1. The molecule has 8 nitrogen and oxygen atoms in total. The normalized spacial score (nSPS) is 14.1. The first-order valence-corrected chi connectivity index (χ1v) is 13.0. The number of benzene rings is 2. The van der Waals surface area contributed by atoms with Crippen molar-refractivity contribution < 1.29 is 9.53 Å². The molecule has 186 valence electrons. The van der Waals surface area contributed by atoms with Gasteiger partial charge in [-0.15, -0.1) is 11.3 Å². The van der Waals surface area contributed by atoms with E-state index in [1.165, 1.54) is 37.7 Å². The molecule has 4 aromatic rings. The molecule has 9 heteroatoms. The second-order valence-electron chi connectivity index (χ2n) is 9.08. The summed E-state index contributed by atoms with van der Waals surface area (Å²) < 4.78 is 4.73. The molecule has 36 heavy (non-hydrogen) atoms. The molecule has 1 saturated carbocycles. The Kier molecular flexibility index (Phi) is 6.99. The first-order valence-electron chi connectivity index (χ1n) is 12.2. The Morgan fingerprint density at radius 2 is 1.94 bits per heavy atom. The molecular formula is C27H29N5O3S. The van der Waals surface area contributed by atoms with Crippen LogP contribution in [0.5, 0.6) is 0 Å². The summed E-state index contributed by atoms with van der Waals surface area (Å²) in [6, 6.07) is 14.4. The number of hydrogen-bond donors (Lipinski definition) is 2. The monoisotopic (exact) mass is 503 g/mol. The van der Waals surface area contributed by atoms with Gasteiger partial charge in [0.1, 0.15) is 5.69 Å². The molecule has 0 amide bonds. The predicted octanol–water partition coefficient (Wildman–Crippen LogP) is 5.27. The van der Waals surface area contributed by atoms with Crippen molar-refractivity contribution >= 4 is 44.8 Å². The van der Waals surface area contributed by atoms with Crippen LogP contribution < -0.4 is 15.8 Å². The lowest BCUT2D eigenvalue weighted by atomic mass is 9.94. The van der Waals surface area contributed by atoms with E-state index in [0.717, 1.165) is 40.6 Å². The van der Waals surface area contributed by atoms with Gasteiger partial charge in [-0.1, -0.05) is 49.6 Å². The number of aromatic nitrogens is 3. The van der Waals surface area contributed by atoms with E-state index in [1.807, 2.05) is 47.8 Å². The summed E-state index contributed by atoms with van der Waals surface area (Å²) >= 11 is 1.54. The number of H-pyrrole nitrogens is 1. The topological polar surface area (TPSA) is 100 Å². The summed E-state index contributed by atoms with van der Waals surface area (Å²) in [7, 11) is 3.41. The number of thiazole rings is 1. The molecule has 0 unspecified atom stereocenters. The Balaban J connectivity index is 1.54. The molecule has 1 aliphatic carbocycles. The molecule has 0 saturated heterocycles. The second-order valence-corrected chi connectivity index (χ2v) is 9.94. The highest BCUT2D eigenvalue weighted by Crippen LogP contribution is 2.36. The van der Waals surface area contributed by atoms with Crippen molar-refractivity contribution in [2.45, 2.75) is 44.6 Å². The fourth-order valence-electron chi connectivity index (χ4n) is 4.73. The fourth-order valence-corrected chi connectivity index (χ4v) is 5.47. The van der Waals surface area contributed by atoms with Gasteiger partial charge in [0.2, 0.25) is 0 Å². The molecule has 1 aliphatic rings. The van der Waals surface area contributed by atoms with Crippen molar-refractivity contribution in [3.8, 4) is 11.3 Å². The van der Waals surface area contributed by atoms with Gasteiger partial charge < -0.3 is 19.9 Å². The van der Waals surface area contributed by atoms with Gasteiger partial charge in [0.15, 0.2) is 5.13 Å². The van der Waals surface area contributed by atoms with Crippen LogP contribution in [0.25, 0.3) is 22.3 Å². The number of fused-ring (bicyclic) bond motifs is 1. The number of carbonyl (C=O) groups is 1. The highest BCUT2D eigenvalue weighted by atomic mass is 32.1. The zero-order valence-electron chi connectivity index (χ0n) is 20.4. The van der Waals surface area contributed by atoms with Crippen molar-refractivity contribution in [3.63, 3.8) is 0 Å². The Morgan fingerprint density at radius 3 is 2.69 bits per heavy atom. The van der Waals surface area contributed by atoms with Crippen molar-refractivity contribution in [1.29, 1.82) is 0 Å². The standard InChI is InChI=1S/C27H29N5O3S/c1-32(18-11-7-4-8-12-18)24-14-20-19(29-26(34)22(28-20)15-25(33)35-2)13-21(24)30-27-31-23(16-36-27)17-9-5-3-6-10-17/h3,5-6,9-10,13-14,16,18H,4,7-8,11-12,15H2,1-2H3,(H,29,34)(H,30,31). The third-order valence-corrected chi connectivity index (χ3v) is 7.49. The van der Waals surface area contributed by atoms with Gasteiger partial charge in [0, 0.05) is 24.0 Å². The molecule has 0 atom stereocenters. The number of anilines is 3. The summed E-state index contributed by atoms with van der Waals surface area (Å²) in [5.74, 6) is -0.497. The maximum atomic E-state index is 12.6. The lowest BCUT2D eigenvalue weighted by Crippen LogP contribution is -2.33. The molecule has 2 heterocycles. The maximum Gasteiger partial charge on any atom is 0.311 e. The van der Waals surface area contributed by atoms with E-state index in [-0.39, 0.29) is 12.1 Å². The number of nitrogens with one attached hydrogen (secondary N) is 2. The molecule has 2 N–H and O–H groups in total. The summed E-state index contributed by atoms with van der Waals surface area (Å²) in [5.41, 5.74) is 4.77. The van der Waals surface area contributed by atoms with Crippen LogP contribution in [-0.2, 0) is 16.0 Å². The minimum absolute atomic E-state index is 0.147. The molecule has 2 aromatic heterocycles. The zero-order valence-corrected chi connectivity index (χ0v) is 21.2. The summed E-state index contributed by atoms with van der Waals surface area (Å²) in [6.07, 6.45) is 5.80. The third kappa shape index (κ3) is 5.11. The Hall–Kier alpha value is -3.72. The molecule has 1 fully saturated rings. The van der Waals surface area contributed by atoms with Crippen LogP contribution in [0.3, 0.4) is 0 Å². The van der Waals surface area contributed by atoms with E-state index in [4.69, 9.17) is 9.72 Å². The molecule has 0 bridgehead atoms. The number of hydrogen-bond acceptors (Lipinski definition) is 8. The van der Waals surface area contributed by atoms with Gasteiger partial charge in [-0.05, 0) is 25.0 Å². The third-order valence-electron chi connectivity index (χ3n) is 6.74. The first kappa shape index (κ1) is 24.0. The maximum absolute atomic E-state index is 12.6. The minimum atomic E-state index is -0.497. The Bertz CT molecular complexity index is 1430. The smallest absolute Gasteiger partial charge is 0.311 e. The van der Waals surface area contributed by atoms with Gasteiger partial charge in [-0.25, -0.2) is 9.97 Å². The van der Waals surface area contributed by atoms with Crippen LogP contribution in [0.1, 0.15) is 37.8 Å². The van der Waals surface area contributed by atoms with Crippen LogP contribution in [0.4, 0.5) is 16.5 Å². The summed E-state index contributed by atoms with van der Waals surface area (Å²) in [4.78, 5) is 38.9. The quantitative estimate of drug-likeness (QED) is 0.331. The first-order chi connectivity index (χ1) is 17.5. The van der Waals surface area contributed by atoms with Gasteiger partial charge in [0.05, 0.1) is 41.6 Å². The van der Waals surface area contributed by atoms with Crippen LogP contribution in [0, 0.1) is 0 Å². The van der Waals surface area contributed by atoms with Crippen molar-refractivity contribution in [2.75, 3.05) is 24.4 Å². The SMILES string of the molecule is COC(=O)Cc1nc2cc(N(C)C3CCCCC3)c(Nc3nc(-c4ccccc4)cs3)cc2[nH]c1=O. The van der Waals surface area contributed by atoms with Gasteiger partial charge in [0.25, 0.3) is 5.56 Å². The molecule has 0 radical (unpaired) electrons. The van der Waals surface area contributed by atoms with Crippen molar-refractivity contribution in [2.24, 2.45) is 0 Å². The molecule has 2 aromatic carbocycles. The van der Waals surface area contributed by atoms with Crippen LogP contribution in [0.15, 0.2) is 52.6 Å². The molecule has 5 rings (SSSR count). The van der Waals surface area contributed by atoms with E-state index < -0.39 is 11.5 Å². The van der Waals surface area contributed by atoms with Crippen molar-refractivity contribution in [1.82, 2.24) is 15.0 Å². The average Bonchev–Trinajstić information content (AvgIpc) is 3.38. The van der Waals surface area contributed by atoms with E-state index >= 15 is 0 Å². The number of aromatic amines is 1. The lowest BCUT2D eigenvalue weighted by Gasteiger charge is -2.34. The van der Waals surface area contributed by atoms with Gasteiger partial charge in [-0.3, -0.25) is 9.59 Å². The molecule has 0 spiro atoms.